The van der Waals surface area contributed by atoms with E-state index in [2.05, 4.69) is 22.7 Å². The molecule has 2 atom stereocenters. The van der Waals surface area contributed by atoms with Crippen LogP contribution in [0.5, 0.6) is 0 Å². The Balaban J connectivity index is 2.09. The Morgan fingerprint density at radius 1 is 1.42 bits per heavy atom. The van der Waals surface area contributed by atoms with Crippen molar-refractivity contribution in [1.82, 2.24) is 15.1 Å². The lowest BCUT2D eigenvalue weighted by atomic mass is 10.2. The smallest absolute Gasteiger partial charge is 0.329 e. The maximum absolute atomic E-state index is 12.9. The maximum atomic E-state index is 12.9. The number of allylic oxidation sites excluding steroid dienone is 1. The number of anilines is 1. The van der Waals surface area contributed by atoms with Crippen LogP contribution >= 0.6 is 11.3 Å². The molecule has 0 radical (unpaired) electrons. The van der Waals surface area contributed by atoms with E-state index in [9.17, 15) is 9.90 Å². The first kappa shape index (κ1) is 20.4. The highest BCUT2D eigenvalue weighted by Gasteiger charge is 2.46. The number of amides is 2. The molecular formula is C18H26N4O3S. The van der Waals surface area contributed by atoms with Gasteiger partial charge >= 0.3 is 6.03 Å². The van der Waals surface area contributed by atoms with Crippen molar-refractivity contribution < 1.29 is 14.6 Å². The standard InChI is InChI=1S/C18H26N4O3S/c1-4-6-8-10-12-21-14(13-25-3)16(23)22(18(21)24)17-20-19-15(26-17)11-9-7-5-2/h1,5,14,16,23H,2,6-13H2,3H3. The van der Waals surface area contributed by atoms with Gasteiger partial charge in [-0.05, 0) is 25.7 Å². The average Bonchev–Trinajstić information content (AvgIpc) is 3.17. The monoisotopic (exact) mass is 378 g/mol. The number of hydrogen-bond acceptors (Lipinski definition) is 6. The first-order chi connectivity index (χ1) is 12.6. The highest BCUT2D eigenvalue weighted by Crippen LogP contribution is 2.31. The largest absolute Gasteiger partial charge is 0.382 e. The van der Waals surface area contributed by atoms with Gasteiger partial charge in [-0.15, -0.1) is 29.1 Å². The van der Waals surface area contributed by atoms with Gasteiger partial charge in [0.25, 0.3) is 0 Å². The zero-order valence-electron chi connectivity index (χ0n) is 15.1. The van der Waals surface area contributed by atoms with Crippen LogP contribution in [0.2, 0.25) is 0 Å². The number of nitrogens with zero attached hydrogens (tertiary/aromatic N) is 4. The number of aliphatic hydroxyl groups excluding tert-OH is 1. The van der Waals surface area contributed by atoms with E-state index >= 15 is 0 Å². The van der Waals surface area contributed by atoms with Crippen molar-refractivity contribution in [3.05, 3.63) is 17.7 Å². The normalized spacial score (nSPS) is 19.8. The molecule has 1 aromatic rings. The van der Waals surface area contributed by atoms with Crippen LogP contribution in [0, 0.1) is 12.3 Å². The number of ether oxygens (including phenoxy) is 1. The number of carbonyl (C=O) groups is 1. The number of aliphatic hydroxyl groups is 1. The Morgan fingerprint density at radius 2 is 2.23 bits per heavy atom. The van der Waals surface area contributed by atoms with Crippen LogP contribution in [0.15, 0.2) is 12.7 Å². The summed E-state index contributed by atoms with van der Waals surface area (Å²) in [6, 6.07) is -0.708. The lowest BCUT2D eigenvalue weighted by molar-refractivity contribution is 0.0549. The Labute approximate surface area is 158 Å². The molecule has 2 rings (SSSR count). The lowest BCUT2D eigenvalue weighted by Gasteiger charge is -2.23. The van der Waals surface area contributed by atoms with E-state index in [1.165, 1.54) is 16.2 Å². The van der Waals surface area contributed by atoms with Crippen molar-refractivity contribution in [2.75, 3.05) is 25.2 Å². The minimum atomic E-state index is -1.01. The number of hydrogen-bond donors (Lipinski definition) is 1. The minimum absolute atomic E-state index is 0.254. The molecule has 2 amide bonds. The zero-order valence-corrected chi connectivity index (χ0v) is 16.0. The second-order valence-electron chi connectivity index (χ2n) is 6.10. The number of carbonyl (C=O) groups excluding carboxylic acids is 1. The third kappa shape index (κ3) is 4.81. The van der Waals surface area contributed by atoms with Crippen molar-refractivity contribution in [2.24, 2.45) is 0 Å². The van der Waals surface area contributed by atoms with Crippen LogP contribution < -0.4 is 4.90 Å². The number of aryl methyl sites for hydroxylation is 1. The molecule has 1 N–H and O–H groups in total. The number of methoxy groups -OCH3 is 1. The summed E-state index contributed by atoms with van der Waals surface area (Å²) in [4.78, 5) is 15.8. The van der Waals surface area contributed by atoms with Crippen LogP contribution in [0.4, 0.5) is 9.93 Å². The van der Waals surface area contributed by atoms with Gasteiger partial charge in [0.05, 0.1) is 6.61 Å². The Hall–Kier alpha value is -1.95. The summed E-state index contributed by atoms with van der Waals surface area (Å²) < 4.78 is 5.20. The highest BCUT2D eigenvalue weighted by atomic mass is 32.1. The van der Waals surface area contributed by atoms with Gasteiger partial charge in [0, 0.05) is 26.5 Å². The summed E-state index contributed by atoms with van der Waals surface area (Å²) in [5.41, 5.74) is 0. The van der Waals surface area contributed by atoms with Crippen molar-refractivity contribution in [2.45, 2.75) is 50.8 Å². The lowest BCUT2D eigenvalue weighted by Crippen LogP contribution is -2.41. The predicted molar refractivity (Wildman–Crippen MR) is 102 cm³/mol. The average molecular weight is 378 g/mol. The van der Waals surface area contributed by atoms with Crippen LogP contribution in [-0.2, 0) is 11.2 Å². The van der Waals surface area contributed by atoms with Gasteiger partial charge in [0.2, 0.25) is 5.13 Å². The molecule has 1 aliphatic heterocycles. The SMILES string of the molecule is C#CCCCCN1C(=O)N(c2nnc(CCCC=C)s2)C(O)C1COC. The number of rotatable bonds is 11. The Morgan fingerprint density at radius 3 is 2.92 bits per heavy atom. The Bertz CT molecular complexity index is 643. The quantitative estimate of drug-likeness (QED) is 0.363. The molecule has 1 fully saturated rings. The highest BCUT2D eigenvalue weighted by molar-refractivity contribution is 7.15. The second-order valence-corrected chi connectivity index (χ2v) is 7.14. The molecule has 8 heteroatoms. The topological polar surface area (TPSA) is 78.8 Å². The van der Waals surface area contributed by atoms with E-state index in [1.54, 1.807) is 12.0 Å². The van der Waals surface area contributed by atoms with E-state index in [0.717, 1.165) is 37.1 Å². The summed E-state index contributed by atoms with van der Waals surface area (Å²) in [5.74, 6) is 2.60. The molecule has 2 unspecified atom stereocenters. The predicted octanol–water partition coefficient (Wildman–Crippen LogP) is 2.43. The van der Waals surface area contributed by atoms with E-state index in [4.69, 9.17) is 11.2 Å². The van der Waals surface area contributed by atoms with E-state index in [1.807, 2.05) is 6.08 Å². The van der Waals surface area contributed by atoms with E-state index in [0.29, 0.717) is 18.1 Å². The summed E-state index contributed by atoms with van der Waals surface area (Å²) in [5, 5.41) is 20.2. The second kappa shape index (κ2) is 10.3. The van der Waals surface area contributed by atoms with E-state index in [-0.39, 0.29) is 12.6 Å². The zero-order chi connectivity index (χ0) is 18.9. The minimum Gasteiger partial charge on any atom is -0.382 e. The van der Waals surface area contributed by atoms with Gasteiger partial charge < -0.3 is 14.7 Å². The van der Waals surface area contributed by atoms with Gasteiger partial charge in [0.1, 0.15) is 11.0 Å². The molecule has 0 bridgehead atoms. The molecular weight excluding hydrogens is 352 g/mol. The van der Waals surface area contributed by atoms with Gasteiger partial charge in [0.15, 0.2) is 6.23 Å². The van der Waals surface area contributed by atoms with Crippen LogP contribution in [0.25, 0.3) is 0 Å². The molecule has 1 saturated heterocycles. The van der Waals surface area contributed by atoms with Gasteiger partial charge in [-0.2, -0.15) is 0 Å². The number of unbranched alkanes of at least 4 members (excludes halogenated alkanes) is 3. The number of aromatic nitrogens is 2. The molecule has 26 heavy (non-hydrogen) atoms. The third-order valence-corrected chi connectivity index (χ3v) is 5.21. The summed E-state index contributed by atoms with van der Waals surface area (Å²) in [6.45, 7) is 4.48. The number of terminal acetylenes is 1. The van der Waals surface area contributed by atoms with Crippen molar-refractivity contribution in [3.8, 4) is 12.3 Å². The summed E-state index contributed by atoms with van der Waals surface area (Å²) >= 11 is 1.34. The fraction of sp³-hybridized carbons (Fsp3) is 0.611. The first-order valence-electron chi connectivity index (χ1n) is 8.77. The molecule has 7 nitrogen and oxygen atoms in total. The fourth-order valence-corrected chi connectivity index (χ4v) is 3.78. The van der Waals surface area contributed by atoms with Crippen LogP contribution in [-0.4, -0.2) is 58.8 Å². The molecule has 0 aliphatic carbocycles. The van der Waals surface area contributed by atoms with Crippen molar-refractivity contribution in [1.29, 1.82) is 0 Å². The van der Waals surface area contributed by atoms with Crippen molar-refractivity contribution in [3.63, 3.8) is 0 Å². The van der Waals surface area contributed by atoms with Gasteiger partial charge in [-0.3, -0.25) is 0 Å². The molecule has 142 valence electrons. The van der Waals surface area contributed by atoms with Crippen LogP contribution in [0.3, 0.4) is 0 Å². The van der Waals surface area contributed by atoms with Gasteiger partial charge in [-0.1, -0.05) is 17.4 Å². The molecule has 0 spiro atoms. The summed E-state index contributed by atoms with van der Waals surface area (Å²) in [7, 11) is 1.55. The molecule has 1 aliphatic rings. The molecule has 0 aromatic carbocycles. The summed E-state index contributed by atoms with van der Waals surface area (Å²) in [6.07, 6.45) is 11.0. The molecule has 2 heterocycles. The van der Waals surface area contributed by atoms with E-state index < -0.39 is 12.3 Å². The van der Waals surface area contributed by atoms with Crippen LogP contribution in [0.1, 0.15) is 37.1 Å². The molecule has 0 saturated carbocycles. The fourth-order valence-electron chi connectivity index (χ4n) is 2.88. The first-order valence-corrected chi connectivity index (χ1v) is 9.59. The Kier molecular flexibility index (Phi) is 8.04. The molecule has 1 aromatic heterocycles. The van der Waals surface area contributed by atoms with Crippen molar-refractivity contribution >= 4 is 22.5 Å². The maximum Gasteiger partial charge on any atom is 0.329 e. The third-order valence-electron chi connectivity index (χ3n) is 4.23. The number of urea groups is 1. The van der Waals surface area contributed by atoms with Gasteiger partial charge in [-0.25, -0.2) is 9.69 Å².